The van der Waals surface area contributed by atoms with Crippen LogP contribution < -0.4 is 5.32 Å². The number of halogens is 3. The summed E-state index contributed by atoms with van der Waals surface area (Å²) in [6, 6.07) is 11.1. The highest BCUT2D eigenvalue weighted by atomic mass is 19.4. The maximum absolute atomic E-state index is 13.0. The summed E-state index contributed by atoms with van der Waals surface area (Å²) < 4.78 is 93.0. The topological polar surface area (TPSA) is 121 Å². The Kier molecular flexibility index (Phi) is 24.6. The van der Waals surface area contributed by atoms with E-state index in [1.165, 1.54) is 18.2 Å². The molecule has 0 aliphatic carbocycles. The fourth-order valence-electron chi connectivity index (χ4n) is 3.90. The van der Waals surface area contributed by atoms with Gasteiger partial charge in [-0.2, -0.15) is 13.2 Å². The Morgan fingerprint density at radius 3 is 1.44 bits per heavy atom. The van der Waals surface area contributed by atoms with Crippen molar-refractivity contribution in [2.24, 2.45) is 0 Å². The maximum Gasteiger partial charge on any atom is 0.416 e. The maximum atomic E-state index is 13.0. The van der Waals surface area contributed by atoms with Crippen LogP contribution in [-0.4, -0.2) is 132 Å². The van der Waals surface area contributed by atoms with Crippen molar-refractivity contribution in [3.8, 4) is 0 Å². The Labute approximate surface area is 292 Å². The van der Waals surface area contributed by atoms with Crippen LogP contribution in [-0.2, 0) is 53.5 Å². The number of hydrogen-bond donors (Lipinski definition) is 1. The first kappa shape index (κ1) is 43.0. The average Bonchev–Trinajstić information content (AvgIpc) is 3.11. The van der Waals surface area contributed by atoms with Crippen molar-refractivity contribution in [1.82, 2.24) is 0 Å². The highest BCUT2D eigenvalue weighted by Gasteiger charge is 2.30. The summed E-state index contributed by atoms with van der Waals surface area (Å²) in [6.45, 7) is 11.5. The molecule has 15 heteroatoms. The molecule has 282 valence electrons. The van der Waals surface area contributed by atoms with E-state index in [0.717, 1.165) is 12.1 Å². The van der Waals surface area contributed by atoms with Crippen LogP contribution in [0.5, 0.6) is 0 Å². The molecule has 0 heterocycles. The number of carbonyl (C=O) groups is 1. The van der Waals surface area contributed by atoms with Gasteiger partial charge in [0.25, 0.3) is 0 Å². The van der Waals surface area contributed by atoms with Gasteiger partial charge in [0.05, 0.1) is 136 Å². The standard InChI is InChI=1S/C35H50F3NO11/c1-2-10-41-11-12-42-13-14-43-15-16-44-17-18-45-19-20-46-21-22-47-23-24-48-25-26-49-27-28-50-34(40)32-8-3-4-9-33(32)39-31-7-5-6-30(29-31)35(36,37)38/h2-9,29,39H,1,10-28H2. The van der Waals surface area contributed by atoms with Gasteiger partial charge in [-0.3, -0.25) is 0 Å². The molecule has 0 saturated heterocycles. The van der Waals surface area contributed by atoms with Gasteiger partial charge in [-0.1, -0.05) is 24.3 Å². The first-order valence-electron chi connectivity index (χ1n) is 16.4. The molecule has 2 rings (SSSR count). The molecular weight excluding hydrogens is 667 g/mol. The average molecular weight is 718 g/mol. The summed E-state index contributed by atoms with van der Waals surface area (Å²) in [4.78, 5) is 12.6. The molecule has 2 aromatic rings. The van der Waals surface area contributed by atoms with Crippen LogP contribution in [0.15, 0.2) is 61.2 Å². The van der Waals surface area contributed by atoms with Crippen LogP contribution in [0.1, 0.15) is 15.9 Å². The molecule has 0 spiro atoms. The summed E-state index contributed by atoms with van der Waals surface area (Å²) in [7, 11) is 0. The van der Waals surface area contributed by atoms with Crippen molar-refractivity contribution in [1.29, 1.82) is 0 Å². The molecule has 0 aromatic heterocycles. The Morgan fingerprint density at radius 2 is 1.00 bits per heavy atom. The van der Waals surface area contributed by atoms with Crippen molar-refractivity contribution in [2.75, 3.05) is 131 Å². The van der Waals surface area contributed by atoms with Gasteiger partial charge in [0.2, 0.25) is 0 Å². The lowest BCUT2D eigenvalue weighted by Crippen LogP contribution is -2.16. The van der Waals surface area contributed by atoms with Crippen molar-refractivity contribution in [3.63, 3.8) is 0 Å². The molecule has 0 saturated carbocycles. The summed E-state index contributed by atoms with van der Waals surface area (Å²) in [5.41, 5.74) is -0.0886. The lowest BCUT2D eigenvalue weighted by molar-refractivity contribution is -0.137. The molecule has 0 bridgehead atoms. The number of alkyl halides is 3. The van der Waals surface area contributed by atoms with E-state index in [1.54, 1.807) is 24.3 Å². The molecule has 12 nitrogen and oxygen atoms in total. The zero-order chi connectivity index (χ0) is 36.0. The van der Waals surface area contributed by atoms with E-state index in [0.29, 0.717) is 118 Å². The van der Waals surface area contributed by atoms with Gasteiger partial charge in [0, 0.05) is 5.69 Å². The van der Waals surface area contributed by atoms with Gasteiger partial charge in [-0.05, 0) is 30.3 Å². The number of anilines is 2. The SMILES string of the molecule is C=CCOCCOCCOCCOCCOCCOCCOCCOCCOCCOC(=O)c1ccccc1Nc1cccc(C(F)(F)F)c1. The van der Waals surface area contributed by atoms with Gasteiger partial charge in [0.1, 0.15) is 6.61 Å². The number of nitrogens with one attached hydrogen (secondary N) is 1. The Hall–Kier alpha value is -3.12. The molecular formula is C35H50F3NO11. The molecule has 1 N–H and O–H groups in total. The first-order valence-corrected chi connectivity index (χ1v) is 16.4. The van der Waals surface area contributed by atoms with Crippen LogP contribution in [0.2, 0.25) is 0 Å². The lowest BCUT2D eigenvalue weighted by atomic mass is 10.1. The predicted molar refractivity (Wildman–Crippen MR) is 179 cm³/mol. The molecule has 0 aliphatic heterocycles. The Balaban J connectivity index is 1.33. The zero-order valence-corrected chi connectivity index (χ0v) is 28.5. The fraction of sp³-hybridized carbons (Fsp3) is 0.571. The van der Waals surface area contributed by atoms with E-state index >= 15 is 0 Å². The van der Waals surface area contributed by atoms with Gasteiger partial charge >= 0.3 is 12.1 Å². The van der Waals surface area contributed by atoms with E-state index < -0.39 is 17.7 Å². The highest BCUT2D eigenvalue weighted by molar-refractivity contribution is 5.96. The normalized spacial score (nSPS) is 11.5. The van der Waals surface area contributed by atoms with E-state index in [2.05, 4.69) is 11.9 Å². The minimum atomic E-state index is -4.48. The van der Waals surface area contributed by atoms with Crippen LogP contribution in [0.25, 0.3) is 0 Å². The second-order valence-electron chi connectivity index (χ2n) is 10.1. The minimum absolute atomic E-state index is 0.000457. The van der Waals surface area contributed by atoms with Crippen LogP contribution >= 0.6 is 0 Å². The van der Waals surface area contributed by atoms with Crippen LogP contribution in [0.3, 0.4) is 0 Å². The third-order valence-electron chi connectivity index (χ3n) is 6.29. The number of esters is 1. The number of carbonyl (C=O) groups excluding carboxylic acids is 1. The number of rotatable bonds is 32. The lowest BCUT2D eigenvalue weighted by Gasteiger charge is -2.13. The molecule has 50 heavy (non-hydrogen) atoms. The van der Waals surface area contributed by atoms with E-state index in [1.807, 2.05) is 0 Å². The van der Waals surface area contributed by atoms with Crippen molar-refractivity contribution in [3.05, 3.63) is 72.3 Å². The third kappa shape index (κ3) is 21.9. The first-order chi connectivity index (χ1) is 24.4. The largest absolute Gasteiger partial charge is 0.460 e. The summed E-state index contributed by atoms with van der Waals surface area (Å²) >= 11 is 0. The second-order valence-corrected chi connectivity index (χ2v) is 10.1. The smallest absolute Gasteiger partial charge is 0.416 e. The van der Waals surface area contributed by atoms with Crippen LogP contribution in [0.4, 0.5) is 24.5 Å². The molecule has 0 unspecified atom stereocenters. The van der Waals surface area contributed by atoms with Gasteiger partial charge in [-0.25, -0.2) is 4.79 Å². The van der Waals surface area contributed by atoms with E-state index in [9.17, 15) is 18.0 Å². The summed E-state index contributed by atoms with van der Waals surface area (Å²) in [5, 5.41) is 2.86. The molecule has 0 amide bonds. The number of benzene rings is 2. The zero-order valence-electron chi connectivity index (χ0n) is 28.5. The fourth-order valence-corrected chi connectivity index (χ4v) is 3.90. The minimum Gasteiger partial charge on any atom is -0.460 e. The van der Waals surface area contributed by atoms with Crippen LogP contribution in [0, 0.1) is 0 Å². The highest BCUT2D eigenvalue weighted by Crippen LogP contribution is 2.32. The number of para-hydroxylation sites is 1. The molecule has 2 aromatic carbocycles. The molecule has 0 fully saturated rings. The number of ether oxygens (including phenoxy) is 10. The monoisotopic (exact) mass is 717 g/mol. The number of hydrogen-bond acceptors (Lipinski definition) is 12. The van der Waals surface area contributed by atoms with Crippen molar-refractivity contribution >= 4 is 17.3 Å². The molecule has 0 aliphatic rings. The van der Waals surface area contributed by atoms with Gasteiger partial charge < -0.3 is 52.7 Å². The predicted octanol–water partition coefficient (Wildman–Crippen LogP) is 4.94. The van der Waals surface area contributed by atoms with E-state index in [4.69, 9.17) is 47.4 Å². The Morgan fingerprint density at radius 1 is 0.580 bits per heavy atom. The Bertz CT molecular complexity index is 1160. The molecule has 0 atom stereocenters. The van der Waals surface area contributed by atoms with Crippen molar-refractivity contribution in [2.45, 2.75) is 6.18 Å². The third-order valence-corrected chi connectivity index (χ3v) is 6.29. The summed E-state index contributed by atoms with van der Waals surface area (Å²) in [6.07, 6.45) is -2.78. The van der Waals surface area contributed by atoms with Crippen molar-refractivity contribution < 1.29 is 65.3 Å². The molecule has 0 radical (unpaired) electrons. The van der Waals surface area contributed by atoms with E-state index in [-0.39, 0.29) is 24.5 Å². The van der Waals surface area contributed by atoms with Gasteiger partial charge in [-0.15, -0.1) is 6.58 Å². The van der Waals surface area contributed by atoms with Gasteiger partial charge in [0.15, 0.2) is 0 Å². The second kappa shape index (κ2) is 28.6. The quantitative estimate of drug-likeness (QED) is 0.0627. The summed E-state index contributed by atoms with van der Waals surface area (Å²) in [5.74, 6) is -0.628.